The summed E-state index contributed by atoms with van der Waals surface area (Å²) < 4.78 is 10.1. The van der Waals surface area contributed by atoms with Crippen molar-refractivity contribution in [1.82, 2.24) is 5.32 Å². The van der Waals surface area contributed by atoms with Crippen molar-refractivity contribution < 1.29 is 14.3 Å². The molecule has 1 atom stereocenters. The van der Waals surface area contributed by atoms with Crippen LogP contribution < -0.4 is 5.32 Å². The summed E-state index contributed by atoms with van der Waals surface area (Å²) in [6.45, 7) is 9.96. The van der Waals surface area contributed by atoms with Gasteiger partial charge >= 0.3 is 6.09 Å². The maximum Gasteiger partial charge on any atom is 0.407 e. The van der Waals surface area contributed by atoms with Crippen molar-refractivity contribution in [2.45, 2.75) is 33.1 Å². The largest absolute Gasteiger partial charge is 0.447 e. The minimum atomic E-state index is -0.373. The van der Waals surface area contributed by atoms with Gasteiger partial charge in [0.05, 0.1) is 6.61 Å². The number of ether oxygens (including phenoxy) is 2. The van der Waals surface area contributed by atoms with Crippen LogP contribution in [0.5, 0.6) is 0 Å². The number of alkyl carbamates (subject to hydrolysis) is 1. The van der Waals surface area contributed by atoms with E-state index < -0.39 is 0 Å². The molecule has 0 saturated heterocycles. The molecule has 108 valence electrons. The Morgan fingerprint density at radius 2 is 2.32 bits per heavy atom. The van der Waals surface area contributed by atoms with Gasteiger partial charge in [-0.25, -0.2) is 4.79 Å². The molecule has 19 heavy (non-hydrogen) atoms. The zero-order valence-electron chi connectivity index (χ0n) is 12.0. The number of amides is 1. The summed E-state index contributed by atoms with van der Waals surface area (Å²) >= 11 is 0. The van der Waals surface area contributed by atoms with Crippen LogP contribution in [-0.4, -0.2) is 32.5 Å². The molecule has 1 N–H and O–H groups in total. The lowest BCUT2D eigenvalue weighted by molar-refractivity contribution is 0.0791. The van der Waals surface area contributed by atoms with Crippen molar-refractivity contribution in [1.29, 1.82) is 0 Å². The SMILES string of the molecule is C=C(C)[C@@H]1CC=C(CNC(=O)OCCOCC)CC1. The van der Waals surface area contributed by atoms with E-state index in [2.05, 4.69) is 24.9 Å². The van der Waals surface area contributed by atoms with Gasteiger partial charge in [-0.2, -0.15) is 0 Å². The first kappa shape index (κ1) is 15.8. The number of carbonyl (C=O) groups excluding carboxylic acids is 1. The van der Waals surface area contributed by atoms with Crippen molar-refractivity contribution in [3.63, 3.8) is 0 Å². The summed E-state index contributed by atoms with van der Waals surface area (Å²) in [7, 11) is 0. The first-order valence-corrected chi connectivity index (χ1v) is 6.95. The van der Waals surface area contributed by atoms with Crippen molar-refractivity contribution in [3.8, 4) is 0 Å². The fourth-order valence-corrected chi connectivity index (χ4v) is 2.07. The Labute approximate surface area is 115 Å². The molecule has 0 aliphatic heterocycles. The van der Waals surface area contributed by atoms with Gasteiger partial charge in [0.2, 0.25) is 0 Å². The third-order valence-electron chi connectivity index (χ3n) is 3.33. The van der Waals surface area contributed by atoms with E-state index in [1.165, 1.54) is 11.1 Å². The highest BCUT2D eigenvalue weighted by molar-refractivity contribution is 5.67. The predicted octanol–water partition coefficient (Wildman–Crippen LogP) is 3.05. The van der Waals surface area contributed by atoms with Gasteiger partial charge in [0, 0.05) is 13.2 Å². The number of carbonyl (C=O) groups is 1. The van der Waals surface area contributed by atoms with E-state index in [0.29, 0.717) is 32.3 Å². The maximum atomic E-state index is 11.4. The number of nitrogens with one attached hydrogen (secondary N) is 1. The van der Waals surface area contributed by atoms with Gasteiger partial charge in [0.25, 0.3) is 0 Å². The van der Waals surface area contributed by atoms with E-state index in [1.807, 2.05) is 6.92 Å². The van der Waals surface area contributed by atoms with Crippen LogP contribution >= 0.6 is 0 Å². The van der Waals surface area contributed by atoms with E-state index in [9.17, 15) is 4.79 Å². The summed E-state index contributed by atoms with van der Waals surface area (Å²) in [4.78, 5) is 11.4. The fourth-order valence-electron chi connectivity index (χ4n) is 2.07. The highest BCUT2D eigenvalue weighted by Gasteiger charge is 2.15. The Hall–Kier alpha value is -1.29. The quantitative estimate of drug-likeness (QED) is 0.569. The van der Waals surface area contributed by atoms with Crippen molar-refractivity contribution >= 4 is 6.09 Å². The summed E-state index contributed by atoms with van der Waals surface area (Å²) in [5, 5.41) is 2.77. The second-order valence-electron chi connectivity index (χ2n) is 4.87. The molecular formula is C15H25NO3. The Morgan fingerprint density at radius 3 is 2.89 bits per heavy atom. The minimum Gasteiger partial charge on any atom is -0.447 e. The molecule has 0 heterocycles. The molecular weight excluding hydrogens is 242 g/mol. The van der Waals surface area contributed by atoms with E-state index >= 15 is 0 Å². The Balaban J connectivity index is 2.15. The average molecular weight is 267 g/mol. The first-order chi connectivity index (χ1) is 9.13. The lowest BCUT2D eigenvalue weighted by Crippen LogP contribution is -2.28. The summed E-state index contributed by atoms with van der Waals surface area (Å²) in [5.41, 5.74) is 2.53. The van der Waals surface area contributed by atoms with E-state index in [4.69, 9.17) is 9.47 Å². The molecule has 0 saturated carbocycles. The number of hydrogen-bond acceptors (Lipinski definition) is 3. The van der Waals surface area contributed by atoms with Crippen LogP contribution in [0, 0.1) is 5.92 Å². The Kier molecular flexibility index (Phi) is 7.26. The van der Waals surface area contributed by atoms with E-state index in [0.717, 1.165) is 19.3 Å². The van der Waals surface area contributed by atoms with Crippen LogP contribution in [0.25, 0.3) is 0 Å². The molecule has 0 unspecified atom stereocenters. The highest BCUT2D eigenvalue weighted by Crippen LogP contribution is 2.27. The summed E-state index contributed by atoms with van der Waals surface area (Å²) in [6, 6.07) is 0. The second-order valence-corrected chi connectivity index (χ2v) is 4.87. The van der Waals surface area contributed by atoms with Gasteiger partial charge in [-0.3, -0.25) is 0 Å². The van der Waals surface area contributed by atoms with Gasteiger partial charge in [-0.1, -0.05) is 23.8 Å². The number of hydrogen-bond donors (Lipinski definition) is 1. The summed E-state index contributed by atoms with van der Waals surface area (Å²) in [5.74, 6) is 0.599. The predicted molar refractivity (Wildman–Crippen MR) is 76.1 cm³/mol. The van der Waals surface area contributed by atoms with Crippen LogP contribution in [0.4, 0.5) is 4.79 Å². The molecule has 0 fully saturated rings. The van der Waals surface area contributed by atoms with Crippen LogP contribution in [-0.2, 0) is 9.47 Å². The smallest absolute Gasteiger partial charge is 0.407 e. The molecule has 0 aromatic rings. The Morgan fingerprint density at radius 1 is 1.53 bits per heavy atom. The highest BCUT2D eigenvalue weighted by atomic mass is 16.6. The molecule has 1 amide bonds. The average Bonchev–Trinajstić information content (AvgIpc) is 2.42. The zero-order chi connectivity index (χ0) is 14.1. The molecule has 0 radical (unpaired) electrons. The topological polar surface area (TPSA) is 47.6 Å². The lowest BCUT2D eigenvalue weighted by Gasteiger charge is -2.22. The standard InChI is InChI=1S/C15H25NO3/c1-4-18-9-10-19-15(17)16-11-13-5-7-14(8-6-13)12(2)3/h5,14H,2,4,6-11H2,1,3H3,(H,16,17)/t14-/m1/s1. The van der Waals surface area contributed by atoms with Gasteiger partial charge in [0.15, 0.2) is 0 Å². The zero-order valence-corrected chi connectivity index (χ0v) is 12.0. The second kappa shape index (κ2) is 8.75. The van der Waals surface area contributed by atoms with Crippen LogP contribution in [0.1, 0.15) is 33.1 Å². The Bertz CT molecular complexity index is 336. The third-order valence-corrected chi connectivity index (χ3v) is 3.33. The fraction of sp³-hybridized carbons (Fsp3) is 0.667. The van der Waals surface area contributed by atoms with E-state index in [-0.39, 0.29) is 6.09 Å². The van der Waals surface area contributed by atoms with Gasteiger partial charge < -0.3 is 14.8 Å². The normalized spacial score (nSPS) is 18.6. The molecule has 0 aromatic carbocycles. The van der Waals surface area contributed by atoms with E-state index in [1.54, 1.807) is 0 Å². The molecule has 1 aliphatic carbocycles. The molecule has 1 aliphatic rings. The number of rotatable bonds is 7. The van der Waals surface area contributed by atoms with Crippen molar-refractivity contribution in [3.05, 3.63) is 23.8 Å². The van der Waals surface area contributed by atoms with Crippen molar-refractivity contribution in [2.75, 3.05) is 26.4 Å². The minimum absolute atomic E-state index is 0.302. The maximum absolute atomic E-state index is 11.4. The molecule has 0 spiro atoms. The summed E-state index contributed by atoms with van der Waals surface area (Å²) in [6.07, 6.45) is 5.02. The molecule has 1 rings (SSSR count). The van der Waals surface area contributed by atoms with Crippen LogP contribution in [0.15, 0.2) is 23.8 Å². The van der Waals surface area contributed by atoms with Gasteiger partial charge in [0.1, 0.15) is 6.61 Å². The molecule has 4 heteroatoms. The van der Waals surface area contributed by atoms with Gasteiger partial charge in [-0.05, 0) is 39.0 Å². The first-order valence-electron chi connectivity index (χ1n) is 6.95. The van der Waals surface area contributed by atoms with Gasteiger partial charge in [-0.15, -0.1) is 0 Å². The third kappa shape index (κ3) is 6.43. The lowest BCUT2D eigenvalue weighted by atomic mass is 9.85. The molecule has 0 aromatic heterocycles. The van der Waals surface area contributed by atoms with Crippen molar-refractivity contribution in [2.24, 2.45) is 5.92 Å². The van der Waals surface area contributed by atoms with Crippen LogP contribution in [0.3, 0.4) is 0 Å². The number of allylic oxidation sites excluding steroid dienone is 2. The monoisotopic (exact) mass is 267 g/mol. The molecule has 4 nitrogen and oxygen atoms in total. The molecule has 0 bridgehead atoms. The van der Waals surface area contributed by atoms with Crippen LogP contribution in [0.2, 0.25) is 0 Å².